The molecule has 202 valence electrons. The number of aromatic nitrogens is 2. The Morgan fingerprint density at radius 3 is 2.51 bits per heavy atom. The third-order valence-corrected chi connectivity index (χ3v) is 8.13. The van der Waals surface area contributed by atoms with Crippen molar-refractivity contribution in [3.63, 3.8) is 0 Å². The number of pyridine rings is 1. The van der Waals surface area contributed by atoms with Gasteiger partial charge >= 0.3 is 0 Å². The second kappa shape index (κ2) is 11.6. The van der Waals surface area contributed by atoms with E-state index >= 15 is 0 Å². The minimum Gasteiger partial charge on any atom is -0.490 e. The van der Waals surface area contributed by atoms with Crippen molar-refractivity contribution in [3.8, 4) is 11.4 Å². The molecule has 1 fully saturated rings. The lowest BCUT2D eigenvalue weighted by Gasteiger charge is -2.28. The number of thiocarbonyl (C=S) groups is 1. The maximum Gasteiger partial charge on any atom is 0.174 e. The van der Waals surface area contributed by atoms with Crippen molar-refractivity contribution >= 4 is 46.2 Å². The summed E-state index contributed by atoms with van der Waals surface area (Å²) in [6, 6.07) is 19.6. The fourth-order valence-corrected chi connectivity index (χ4v) is 5.98. The maximum absolute atomic E-state index is 6.67. The van der Waals surface area contributed by atoms with Crippen LogP contribution >= 0.6 is 35.4 Å². The van der Waals surface area contributed by atoms with Crippen LogP contribution in [0.4, 0.5) is 5.69 Å². The third-order valence-electron chi connectivity index (χ3n) is 7.11. The fraction of sp³-hybridized carbons (Fsp3) is 0.267. The number of ether oxygens (including phenoxy) is 2. The van der Waals surface area contributed by atoms with Gasteiger partial charge in [0.1, 0.15) is 12.4 Å². The van der Waals surface area contributed by atoms with Gasteiger partial charge in [0.05, 0.1) is 29.4 Å². The highest BCUT2D eigenvalue weighted by Crippen LogP contribution is 2.45. The van der Waals surface area contributed by atoms with E-state index in [1.54, 1.807) is 13.3 Å². The van der Waals surface area contributed by atoms with E-state index in [0.717, 1.165) is 44.6 Å². The van der Waals surface area contributed by atoms with Crippen LogP contribution in [0.5, 0.6) is 5.75 Å². The number of benzene rings is 2. The van der Waals surface area contributed by atoms with Crippen molar-refractivity contribution in [2.24, 2.45) is 0 Å². The Hall–Kier alpha value is -3.10. The number of halogens is 2. The molecule has 4 aromatic rings. The standard InChI is InChI=1S/C30H30Cl2N4O2S/c1-18-16-22(20(3)35(18)26-10-7-8-23(31)19(26)2)29-28(25-9-5-6-13-33-25)34-30(39)36(29)21-11-12-27(24(32)17-21)38-15-14-37-4/h5-13,16-17,28-29H,14-15H2,1-4H3,(H,34,39)/t28-,29-/m1/s1. The quantitative estimate of drug-likeness (QED) is 0.174. The molecule has 6 nitrogen and oxygen atoms in total. The van der Waals surface area contributed by atoms with Gasteiger partial charge in [-0.05, 0) is 92.6 Å². The average Bonchev–Trinajstić information content (AvgIpc) is 3.42. The molecule has 1 saturated heterocycles. The van der Waals surface area contributed by atoms with E-state index in [2.05, 4.69) is 45.7 Å². The average molecular weight is 582 g/mol. The van der Waals surface area contributed by atoms with Crippen LogP contribution in [0.2, 0.25) is 10.0 Å². The van der Waals surface area contributed by atoms with Gasteiger partial charge in [-0.1, -0.05) is 35.3 Å². The summed E-state index contributed by atoms with van der Waals surface area (Å²) >= 11 is 19.1. The predicted octanol–water partition coefficient (Wildman–Crippen LogP) is 7.31. The van der Waals surface area contributed by atoms with Crippen LogP contribution in [0.3, 0.4) is 0 Å². The second-order valence-corrected chi connectivity index (χ2v) is 10.7. The first-order chi connectivity index (χ1) is 18.8. The molecule has 3 heterocycles. The summed E-state index contributed by atoms with van der Waals surface area (Å²) in [5.74, 6) is 0.600. The molecule has 0 aliphatic carbocycles. The first-order valence-corrected chi connectivity index (χ1v) is 13.8. The van der Waals surface area contributed by atoms with Gasteiger partial charge in [0.25, 0.3) is 0 Å². The number of nitrogens with one attached hydrogen (secondary N) is 1. The molecule has 0 amide bonds. The normalized spacial score (nSPS) is 17.0. The van der Waals surface area contributed by atoms with Gasteiger partial charge in [-0.3, -0.25) is 4.98 Å². The van der Waals surface area contributed by atoms with Crippen molar-refractivity contribution in [2.45, 2.75) is 32.9 Å². The molecule has 0 spiro atoms. The molecule has 0 radical (unpaired) electrons. The number of methoxy groups -OCH3 is 1. The largest absolute Gasteiger partial charge is 0.490 e. The number of hydrogen-bond acceptors (Lipinski definition) is 4. The molecule has 0 unspecified atom stereocenters. The molecular weight excluding hydrogens is 551 g/mol. The van der Waals surface area contributed by atoms with E-state index in [1.165, 1.54) is 0 Å². The second-order valence-electron chi connectivity index (χ2n) is 9.50. The molecule has 0 bridgehead atoms. The molecule has 2 aromatic heterocycles. The Labute approximate surface area is 244 Å². The fourth-order valence-electron chi connectivity index (χ4n) is 5.24. The van der Waals surface area contributed by atoms with Crippen molar-refractivity contribution in [1.82, 2.24) is 14.9 Å². The van der Waals surface area contributed by atoms with Crippen molar-refractivity contribution < 1.29 is 9.47 Å². The van der Waals surface area contributed by atoms with Crippen LogP contribution in [0.25, 0.3) is 5.69 Å². The van der Waals surface area contributed by atoms with E-state index in [4.69, 9.17) is 44.9 Å². The van der Waals surface area contributed by atoms with E-state index in [0.29, 0.717) is 29.1 Å². The van der Waals surface area contributed by atoms with E-state index in [-0.39, 0.29) is 12.1 Å². The number of anilines is 1. The minimum atomic E-state index is -0.178. The number of aryl methyl sites for hydroxylation is 1. The number of hydrogen-bond donors (Lipinski definition) is 1. The highest BCUT2D eigenvalue weighted by Gasteiger charge is 2.42. The lowest BCUT2D eigenvalue weighted by Crippen LogP contribution is -2.29. The van der Waals surface area contributed by atoms with Crippen LogP contribution in [0, 0.1) is 20.8 Å². The van der Waals surface area contributed by atoms with Crippen LogP contribution in [-0.4, -0.2) is 35.0 Å². The van der Waals surface area contributed by atoms with Crippen molar-refractivity contribution in [1.29, 1.82) is 0 Å². The van der Waals surface area contributed by atoms with E-state index < -0.39 is 0 Å². The molecule has 2 aromatic carbocycles. The predicted molar refractivity (Wildman–Crippen MR) is 162 cm³/mol. The molecule has 1 aliphatic rings. The summed E-state index contributed by atoms with van der Waals surface area (Å²) in [5, 5.41) is 5.38. The van der Waals surface area contributed by atoms with Crippen LogP contribution in [0.1, 0.15) is 40.3 Å². The van der Waals surface area contributed by atoms with Gasteiger partial charge in [-0.25, -0.2) is 0 Å². The summed E-state index contributed by atoms with van der Waals surface area (Å²) in [5.41, 5.74) is 7.19. The zero-order valence-corrected chi connectivity index (χ0v) is 24.6. The highest BCUT2D eigenvalue weighted by molar-refractivity contribution is 7.80. The molecule has 2 atom stereocenters. The summed E-state index contributed by atoms with van der Waals surface area (Å²) in [4.78, 5) is 6.81. The SMILES string of the molecule is COCCOc1ccc(N2C(=S)N[C@H](c3ccccn3)[C@H]2c2cc(C)n(-c3cccc(Cl)c3C)c2C)cc1Cl. The van der Waals surface area contributed by atoms with Gasteiger partial charge in [-0.15, -0.1) is 0 Å². The Morgan fingerprint density at radius 1 is 0.974 bits per heavy atom. The number of rotatable bonds is 8. The smallest absolute Gasteiger partial charge is 0.174 e. The molecule has 5 rings (SSSR count). The molecule has 39 heavy (non-hydrogen) atoms. The first-order valence-electron chi connectivity index (χ1n) is 12.7. The highest BCUT2D eigenvalue weighted by atomic mass is 35.5. The van der Waals surface area contributed by atoms with Gasteiger partial charge in [-0.2, -0.15) is 0 Å². The first kappa shape index (κ1) is 27.5. The Kier molecular flexibility index (Phi) is 8.14. The Bertz CT molecular complexity index is 1510. The lowest BCUT2D eigenvalue weighted by molar-refractivity contribution is 0.146. The zero-order valence-electron chi connectivity index (χ0n) is 22.2. The summed E-state index contributed by atoms with van der Waals surface area (Å²) in [6.07, 6.45) is 1.81. The van der Waals surface area contributed by atoms with Gasteiger partial charge < -0.3 is 24.3 Å². The zero-order chi connectivity index (χ0) is 27.7. The maximum atomic E-state index is 6.67. The summed E-state index contributed by atoms with van der Waals surface area (Å²) in [6.45, 7) is 7.19. The van der Waals surface area contributed by atoms with Crippen LogP contribution in [0.15, 0.2) is 66.9 Å². The number of nitrogens with zero attached hydrogens (tertiary/aromatic N) is 3. The molecule has 9 heteroatoms. The lowest BCUT2D eigenvalue weighted by atomic mass is 9.96. The topological polar surface area (TPSA) is 51.6 Å². The molecule has 0 saturated carbocycles. The van der Waals surface area contributed by atoms with Crippen LogP contribution < -0.4 is 15.0 Å². The third kappa shape index (κ3) is 5.24. The Balaban J connectivity index is 1.62. The molecule has 1 N–H and O–H groups in total. The van der Waals surface area contributed by atoms with Crippen LogP contribution in [-0.2, 0) is 4.74 Å². The monoisotopic (exact) mass is 580 g/mol. The summed E-state index contributed by atoms with van der Waals surface area (Å²) < 4.78 is 13.1. The molecular formula is C30H30Cl2N4O2S. The van der Waals surface area contributed by atoms with Crippen molar-refractivity contribution in [2.75, 3.05) is 25.2 Å². The van der Waals surface area contributed by atoms with Gasteiger partial charge in [0.2, 0.25) is 0 Å². The summed E-state index contributed by atoms with van der Waals surface area (Å²) in [7, 11) is 1.64. The van der Waals surface area contributed by atoms with E-state index in [9.17, 15) is 0 Å². The minimum absolute atomic E-state index is 0.176. The molecule has 1 aliphatic heterocycles. The van der Waals surface area contributed by atoms with Gasteiger partial charge in [0, 0.05) is 41.1 Å². The Morgan fingerprint density at radius 2 is 1.79 bits per heavy atom. The van der Waals surface area contributed by atoms with Gasteiger partial charge in [0.15, 0.2) is 5.11 Å². The van der Waals surface area contributed by atoms with E-state index in [1.807, 2.05) is 55.5 Å². The van der Waals surface area contributed by atoms with Crippen molar-refractivity contribution in [3.05, 3.63) is 105 Å².